The maximum atomic E-state index is 13.3. The van der Waals surface area contributed by atoms with E-state index in [0.717, 1.165) is 11.3 Å². The average molecular weight is 490 g/mol. The van der Waals surface area contributed by atoms with Crippen LogP contribution in [0.1, 0.15) is 5.56 Å². The Morgan fingerprint density at radius 1 is 1.06 bits per heavy atom. The minimum Gasteiger partial charge on any atom is -0.497 e. The van der Waals surface area contributed by atoms with Gasteiger partial charge in [0, 0.05) is 11.8 Å². The van der Waals surface area contributed by atoms with Gasteiger partial charge in [-0.3, -0.25) is 14.2 Å². The number of carbonyl (C=O) groups is 1. The topological polar surface area (TPSA) is 91.7 Å². The van der Waals surface area contributed by atoms with Crippen LogP contribution < -0.4 is 25.1 Å². The van der Waals surface area contributed by atoms with Crippen LogP contribution in [0.15, 0.2) is 76.7 Å². The van der Waals surface area contributed by atoms with E-state index >= 15 is 0 Å². The number of anilines is 1. The zero-order chi connectivity index (χ0) is 24.2. The van der Waals surface area contributed by atoms with Gasteiger partial charge in [-0.15, -0.1) is 0 Å². The van der Waals surface area contributed by atoms with Crippen LogP contribution in [-0.4, -0.2) is 41.5 Å². The highest BCUT2D eigenvalue weighted by atomic mass is 32.2. The van der Waals surface area contributed by atoms with Crippen molar-refractivity contribution >= 4 is 34.3 Å². The van der Waals surface area contributed by atoms with Crippen molar-refractivity contribution < 1.29 is 19.0 Å². The fraction of sp³-hybridized carbons (Fsp3) is 0.192. The molecular formula is C26H23N3O5S. The van der Waals surface area contributed by atoms with Gasteiger partial charge in [-0.25, -0.2) is 4.98 Å². The molecule has 0 fully saturated rings. The van der Waals surface area contributed by atoms with E-state index in [4.69, 9.17) is 14.2 Å². The first kappa shape index (κ1) is 22.8. The molecule has 2 heterocycles. The van der Waals surface area contributed by atoms with E-state index in [9.17, 15) is 9.59 Å². The summed E-state index contributed by atoms with van der Waals surface area (Å²) < 4.78 is 17.9. The highest BCUT2D eigenvalue weighted by molar-refractivity contribution is 7.99. The van der Waals surface area contributed by atoms with Crippen LogP contribution >= 0.6 is 11.8 Å². The van der Waals surface area contributed by atoms with Crippen molar-refractivity contribution in [3.8, 4) is 17.2 Å². The zero-order valence-electron chi connectivity index (χ0n) is 19.0. The number of amides is 1. The van der Waals surface area contributed by atoms with Crippen molar-refractivity contribution in [2.24, 2.45) is 0 Å². The van der Waals surface area contributed by atoms with Gasteiger partial charge in [0.15, 0.2) is 16.7 Å². The molecule has 0 atom stereocenters. The molecule has 4 aromatic rings. The number of ether oxygens (including phenoxy) is 3. The number of para-hydroxylation sites is 1. The Hall–Kier alpha value is -3.98. The van der Waals surface area contributed by atoms with Gasteiger partial charge in [-0.05, 0) is 42.0 Å². The number of rotatable bonds is 7. The molecule has 0 spiro atoms. The van der Waals surface area contributed by atoms with Crippen molar-refractivity contribution in [1.29, 1.82) is 0 Å². The standard InChI is InChI=1S/C26H23N3O5S/c1-32-19-9-6-17(7-10-19)15-29-25(31)20-4-2-3-5-21(20)28-26(29)35-16-24(30)27-18-8-11-22-23(14-18)34-13-12-33-22/h2-11,14H,12-13,15-16H2,1H3,(H,27,30). The van der Waals surface area contributed by atoms with Crippen molar-refractivity contribution in [3.05, 3.63) is 82.6 Å². The highest BCUT2D eigenvalue weighted by Crippen LogP contribution is 2.32. The summed E-state index contributed by atoms with van der Waals surface area (Å²) in [7, 11) is 1.61. The Morgan fingerprint density at radius 2 is 1.83 bits per heavy atom. The summed E-state index contributed by atoms with van der Waals surface area (Å²) >= 11 is 1.22. The van der Waals surface area contributed by atoms with E-state index in [2.05, 4.69) is 10.3 Å². The molecule has 5 rings (SSSR count). The molecule has 1 aliphatic heterocycles. The zero-order valence-corrected chi connectivity index (χ0v) is 19.8. The molecular weight excluding hydrogens is 466 g/mol. The van der Waals surface area contributed by atoms with E-state index in [0.29, 0.717) is 53.0 Å². The summed E-state index contributed by atoms with van der Waals surface area (Å²) in [6.07, 6.45) is 0. The minimum atomic E-state index is -0.218. The molecule has 1 aromatic heterocycles. The molecule has 178 valence electrons. The summed E-state index contributed by atoms with van der Waals surface area (Å²) in [6.45, 7) is 1.30. The molecule has 0 saturated heterocycles. The lowest BCUT2D eigenvalue weighted by molar-refractivity contribution is -0.113. The van der Waals surface area contributed by atoms with Crippen LogP contribution in [0.5, 0.6) is 17.2 Å². The summed E-state index contributed by atoms with van der Waals surface area (Å²) in [5.74, 6) is 1.87. The maximum absolute atomic E-state index is 13.3. The third-order valence-corrected chi connectivity index (χ3v) is 6.46. The van der Waals surface area contributed by atoms with Gasteiger partial charge in [0.2, 0.25) is 5.91 Å². The molecule has 35 heavy (non-hydrogen) atoms. The fourth-order valence-corrected chi connectivity index (χ4v) is 4.56. The average Bonchev–Trinajstić information content (AvgIpc) is 2.89. The van der Waals surface area contributed by atoms with Crippen LogP contribution in [0.25, 0.3) is 10.9 Å². The number of fused-ring (bicyclic) bond motifs is 2. The Balaban J connectivity index is 1.37. The van der Waals surface area contributed by atoms with E-state index in [1.807, 2.05) is 36.4 Å². The second-order valence-corrected chi connectivity index (χ2v) is 8.79. The lowest BCUT2D eigenvalue weighted by Crippen LogP contribution is -2.25. The smallest absolute Gasteiger partial charge is 0.262 e. The van der Waals surface area contributed by atoms with Gasteiger partial charge in [-0.2, -0.15) is 0 Å². The van der Waals surface area contributed by atoms with Gasteiger partial charge >= 0.3 is 0 Å². The number of thioether (sulfide) groups is 1. The second-order valence-electron chi connectivity index (χ2n) is 7.85. The molecule has 3 aromatic carbocycles. The van der Waals surface area contributed by atoms with Crippen molar-refractivity contribution in [2.45, 2.75) is 11.7 Å². The van der Waals surface area contributed by atoms with E-state index in [1.165, 1.54) is 11.8 Å². The quantitative estimate of drug-likeness (QED) is 0.310. The van der Waals surface area contributed by atoms with E-state index < -0.39 is 0 Å². The second kappa shape index (κ2) is 10.1. The number of aromatic nitrogens is 2. The van der Waals surface area contributed by atoms with Crippen LogP contribution in [-0.2, 0) is 11.3 Å². The van der Waals surface area contributed by atoms with Gasteiger partial charge in [0.05, 0.1) is 30.3 Å². The molecule has 0 radical (unpaired) electrons. The van der Waals surface area contributed by atoms with E-state index in [1.54, 1.807) is 42.0 Å². The Kier molecular flexibility index (Phi) is 6.58. The first-order chi connectivity index (χ1) is 17.1. The summed E-state index contributed by atoms with van der Waals surface area (Å²) in [5, 5.41) is 3.88. The molecule has 0 saturated carbocycles. The monoisotopic (exact) mass is 489 g/mol. The number of hydrogen-bond donors (Lipinski definition) is 1. The molecule has 0 unspecified atom stereocenters. The maximum Gasteiger partial charge on any atom is 0.262 e. The molecule has 8 nitrogen and oxygen atoms in total. The van der Waals surface area contributed by atoms with Crippen molar-refractivity contribution in [2.75, 3.05) is 31.4 Å². The Morgan fingerprint density at radius 3 is 2.63 bits per heavy atom. The van der Waals surface area contributed by atoms with Crippen LogP contribution in [0, 0.1) is 0 Å². The minimum absolute atomic E-state index is 0.0852. The highest BCUT2D eigenvalue weighted by Gasteiger charge is 2.16. The largest absolute Gasteiger partial charge is 0.497 e. The molecule has 1 amide bonds. The first-order valence-electron chi connectivity index (χ1n) is 11.1. The van der Waals surface area contributed by atoms with Crippen LogP contribution in [0.2, 0.25) is 0 Å². The van der Waals surface area contributed by atoms with Gasteiger partial charge in [0.1, 0.15) is 19.0 Å². The number of nitrogens with one attached hydrogen (secondary N) is 1. The van der Waals surface area contributed by atoms with Gasteiger partial charge < -0.3 is 19.5 Å². The number of nitrogens with zero attached hydrogens (tertiary/aromatic N) is 2. The number of carbonyl (C=O) groups excluding carboxylic acids is 1. The fourth-order valence-electron chi connectivity index (χ4n) is 3.76. The summed E-state index contributed by atoms with van der Waals surface area (Å²) in [6, 6.07) is 20.0. The van der Waals surface area contributed by atoms with Crippen LogP contribution in [0.3, 0.4) is 0 Å². The number of hydrogen-bond acceptors (Lipinski definition) is 7. The molecule has 0 bridgehead atoms. The van der Waals surface area contributed by atoms with Gasteiger partial charge in [0.25, 0.3) is 5.56 Å². The van der Waals surface area contributed by atoms with E-state index in [-0.39, 0.29) is 17.2 Å². The molecule has 9 heteroatoms. The number of benzene rings is 3. The normalized spacial score (nSPS) is 12.4. The lowest BCUT2D eigenvalue weighted by atomic mass is 10.2. The molecule has 1 aliphatic rings. The predicted octanol–water partition coefficient (Wildman–Crippen LogP) is 3.96. The van der Waals surface area contributed by atoms with Crippen molar-refractivity contribution in [3.63, 3.8) is 0 Å². The number of methoxy groups -OCH3 is 1. The lowest BCUT2D eigenvalue weighted by Gasteiger charge is -2.19. The summed E-state index contributed by atoms with van der Waals surface area (Å²) in [4.78, 5) is 30.7. The Bertz CT molecular complexity index is 1440. The predicted molar refractivity (Wildman–Crippen MR) is 135 cm³/mol. The summed E-state index contributed by atoms with van der Waals surface area (Å²) in [5.41, 5.74) is 1.98. The third-order valence-electron chi connectivity index (χ3n) is 5.48. The third kappa shape index (κ3) is 5.09. The SMILES string of the molecule is COc1ccc(Cn2c(SCC(=O)Nc3ccc4c(c3)OCCO4)nc3ccccc3c2=O)cc1. The Labute approximate surface area is 205 Å². The van der Waals surface area contributed by atoms with Crippen LogP contribution in [0.4, 0.5) is 5.69 Å². The molecule has 1 N–H and O–H groups in total. The first-order valence-corrected chi connectivity index (χ1v) is 12.0. The molecule has 0 aliphatic carbocycles. The van der Waals surface area contributed by atoms with Crippen molar-refractivity contribution in [1.82, 2.24) is 9.55 Å². The van der Waals surface area contributed by atoms with Gasteiger partial charge in [-0.1, -0.05) is 36.0 Å².